The highest BCUT2D eigenvalue weighted by Gasteiger charge is 2.30. The Bertz CT molecular complexity index is 933. The number of carbonyl (C=O) groups is 1. The summed E-state index contributed by atoms with van der Waals surface area (Å²) in [6, 6.07) is 11.7. The molecular weight excluding hydrogens is 389 g/mol. The second-order valence-corrected chi connectivity index (χ2v) is 7.43. The van der Waals surface area contributed by atoms with E-state index in [0.29, 0.717) is 6.54 Å². The number of nitrogens with zero attached hydrogens (tertiary/aromatic N) is 1. The Balaban J connectivity index is 1.71. The summed E-state index contributed by atoms with van der Waals surface area (Å²) < 4.78 is 44.1. The van der Waals surface area contributed by atoms with Gasteiger partial charge in [0, 0.05) is 17.0 Å². The van der Waals surface area contributed by atoms with Crippen molar-refractivity contribution < 1.29 is 22.4 Å². The van der Waals surface area contributed by atoms with Crippen molar-refractivity contribution in [2.24, 2.45) is 0 Å². The van der Waals surface area contributed by atoms with Crippen LogP contribution in [0.5, 0.6) is 0 Å². The molecule has 2 aromatic heterocycles. The average Bonchev–Trinajstić information content (AvgIpc) is 3.33. The highest BCUT2D eigenvalue weighted by atomic mass is 32.1. The number of nitrogens with one attached hydrogen (secondary N) is 1. The predicted octanol–water partition coefficient (Wildman–Crippen LogP) is 5.06. The smallest absolute Gasteiger partial charge is 0.416 e. The monoisotopic (exact) mass is 408 g/mol. The van der Waals surface area contributed by atoms with Crippen LogP contribution in [0.3, 0.4) is 0 Å². The molecule has 0 fully saturated rings. The van der Waals surface area contributed by atoms with Gasteiger partial charge in [-0.25, -0.2) is 0 Å². The van der Waals surface area contributed by atoms with Crippen LogP contribution < -0.4 is 5.32 Å². The first-order chi connectivity index (χ1) is 13.3. The summed E-state index contributed by atoms with van der Waals surface area (Å²) in [5, 5.41) is 4.80. The van der Waals surface area contributed by atoms with E-state index in [2.05, 4.69) is 5.32 Å². The molecule has 0 aliphatic rings. The van der Waals surface area contributed by atoms with E-state index >= 15 is 0 Å². The maximum absolute atomic E-state index is 12.9. The van der Waals surface area contributed by atoms with Gasteiger partial charge in [-0.05, 0) is 49.8 Å². The average molecular weight is 408 g/mol. The fourth-order valence-corrected chi connectivity index (χ4v) is 3.68. The second-order valence-electron chi connectivity index (χ2n) is 6.45. The molecule has 0 bridgehead atoms. The van der Waals surface area contributed by atoms with Gasteiger partial charge in [0.05, 0.1) is 11.6 Å². The minimum Gasteiger partial charge on any atom is -0.451 e. The minimum atomic E-state index is -4.44. The number of hydrogen-bond acceptors (Lipinski definition) is 4. The van der Waals surface area contributed by atoms with Crippen LogP contribution >= 0.6 is 11.3 Å². The molecule has 4 nitrogen and oxygen atoms in total. The van der Waals surface area contributed by atoms with E-state index in [-0.39, 0.29) is 23.1 Å². The molecule has 0 radical (unpaired) electrons. The number of benzene rings is 1. The van der Waals surface area contributed by atoms with Gasteiger partial charge in [-0.2, -0.15) is 13.2 Å². The number of halogens is 3. The summed E-state index contributed by atoms with van der Waals surface area (Å²) in [4.78, 5) is 15.5. The van der Waals surface area contributed by atoms with Crippen LogP contribution in [0.15, 0.2) is 58.3 Å². The van der Waals surface area contributed by atoms with Gasteiger partial charge in [0.2, 0.25) is 0 Å². The van der Waals surface area contributed by atoms with Crippen LogP contribution in [0.4, 0.5) is 13.2 Å². The van der Waals surface area contributed by atoms with Crippen molar-refractivity contribution in [2.45, 2.75) is 12.2 Å². The van der Waals surface area contributed by atoms with E-state index in [0.717, 1.165) is 17.0 Å². The van der Waals surface area contributed by atoms with Crippen molar-refractivity contribution in [3.63, 3.8) is 0 Å². The van der Waals surface area contributed by atoms with Crippen LogP contribution in [0.25, 0.3) is 11.3 Å². The quantitative estimate of drug-likeness (QED) is 0.620. The first kappa shape index (κ1) is 20.2. The van der Waals surface area contributed by atoms with E-state index in [4.69, 9.17) is 4.42 Å². The number of likely N-dealkylation sites (N-methyl/N-ethyl adjacent to an activating group) is 1. The third kappa shape index (κ3) is 4.63. The maximum Gasteiger partial charge on any atom is 0.416 e. The number of hydrogen-bond donors (Lipinski definition) is 1. The zero-order valence-corrected chi connectivity index (χ0v) is 16.1. The Morgan fingerprint density at radius 2 is 1.96 bits per heavy atom. The Kier molecular flexibility index (Phi) is 5.90. The first-order valence-electron chi connectivity index (χ1n) is 8.51. The third-order valence-corrected chi connectivity index (χ3v) is 5.23. The van der Waals surface area contributed by atoms with Gasteiger partial charge in [-0.3, -0.25) is 4.79 Å². The SMILES string of the molecule is CN(C)C(CNC(=O)c1ccc(-c2cccc(C(F)(F)F)c2)o1)c1cccs1. The van der Waals surface area contributed by atoms with Crippen molar-refractivity contribution in [1.82, 2.24) is 10.2 Å². The Morgan fingerprint density at radius 3 is 2.61 bits per heavy atom. The molecule has 0 saturated carbocycles. The number of carbonyl (C=O) groups excluding carboxylic acids is 1. The fraction of sp³-hybridized carbons (Fsp3) is 0.250. The molecule has 1 unspecified atom stereocenters. The van der Waals surface area contributed by atoms with Gasteiger partial charge in [0.1, 0.15) is 5.76 Å². The summed E-state index contributed by atoms with van der Waals surface area (Å²) in [6.07, 6.45) is -4.44. The second kappa shape index (κ2) is 8.20. The molecule has 0 aliphatic heterocycles. The molecule has 3 rings (SSSR count). The lowest BCUT2D eigenvalue weighted by Gasteiger charge is -2.23. The maximum atomic E-state index is 12.9. The number of thiophene rings is 1. The molecule has 3 aromatic rings. The van der Waals surface area contributed by atoms with E-state index in [1.54, 1.807) is 11.3 Å². The standard InChI is InChI=1S/C20H19F3N2O2S/c1-25(2)15(18-7-4-10-28-18)12-24-19(26)17-9-8-16(27-17)13-5-3-6-14(11-13)20(21,22)23/h3-11,15H,12H2,1-2H3,(H,24,26). The molecule has 1 aromatic carbocycles. The summed E-state index contributed by atoms with van der Waals surface area (Å²) >= 11 is 1.60. The molecule has 0 aliphatic carbocycles. The lowest BCUT2D eigenvalue weighted by Crippen LogP contribution is -2.34. The summed E-state index contributed by atoms with van der Waals surface area (Å²) in [7, 11) is 3.85. The number of amides is 1. The summed E-state index contributed by atoms with van der Waals surface area (Å²) in [5.74, 6) is -0.156. The van der Waals surface area contributed by atoms with Gasteiger partial charge in [-0.15, -0.1) is 11.3 Å². The van der Waals surface area contributed by atoms with Gasteiger partial charge >= 0.3 is 6.18 Å². The summed E-state index contributed by atoms with van der Waals surface area (Å²) in [5.41, 5.74) is -0.504. The Morgan fingerprint density at radius 1 is 1.18 bits per heavy atom. The molecule has 1 atom stereocenters. The molecule has 28 heavy (non-hydrogen) atoms. The van der Waals surface area contributed by atoms with Crippen molar-refractivity contribution >= 4 is 17.2 Å². The molecule has 148 valence electrons. The van der Waals surface area contributed by atoms with Crippen molar-refractivity contribution in [1.29, 1.82) is 0 Å². The van der Waals surface area contributed by atoms with Crippen LogP contribution in [0.2, 0.25) is 0 Å². The number of furan rings is 1. The lowest BCUT2D eigenvalue weighted by atomic mass is 10.1. The van der Waals surface area contributed by atoms with Crippen molar-refractivity contribution in [3.8, 4) is 11.3 Å². The highest BCUT2D eigenvalue weighted by Crippen LogP contribution is 2.32. The van der Waals surface area contributed by atoms with Gasteiger partial charge < -0.3 is 14.6 Å². The normalized spacial score (nSPS) is 12.9. The molecule has 1 N–H and O–H groups in total. The molecule has 2 heterocycles. The zero-order chi connectivity index (χ0) is 20.3. The number of alkyl halides is 3. The Hall–Kier alpha value is -2.58. The molecule has 0 spiro atoms. The van der Waals surface area contributed by atoms with E-state index in [1.165, 1.54) is 24.3 Å². The summed E-state index contributed by atoms with van der Waals surface area (Å²) in [6.45, 7) is 0.381. The van der Waals surface area contributed by atoms with Crippen LogP contribution in [-0.4, -0.2) is 31.4 Å². The molecule has 0 saturated heterocycles. The van der Waals surface area contributed by atoms with Gasteiger partial charge in [-0.1, -0.05) is 18.2 Å². The van der Waals surface area contributed by atoms with Crippen LogP contribution in [0.1, 0.15) is 27.0 Å². The van der Waals surface area contributed by atoms with E-state index in [9.17, 15) is 18.0 Å². The fourth-order valence-electron chi connectivity index (χ4n) is 2.76. The van der Waals surface area contributed by atoms with E-state index < -0.39 is 17.6 Å². The van der Waals surface area contributed by atoms with Gasteiger partial charge in [0.25, 0.3) is 5.91 Å². The number of rotatable bonds is 6. The Labute approximate surface area is 164 Å². The topological polar surface area (TPSA) is 45.5 Å². The van der Waals surface area contributed by atoms with Crippen molar-refractivity contribution in [2.75, 3.05) is 20.6 Å². The molecular formula is C20H19F3N2O2S. The molecule has 1 amide bonds. The van der Waals surface area contributed by atoms with Crippen LogP contribution in [0, 0.1) is 0 Å². The largest absolute Gasteiger partial charge is 0.451 e. The lowest BCUT2D eigenvalue weighted by molar-refractivity contribution is -0.137. The minimum absolute atomic E-state index is 0.0156. The van der Waals surface area contributed by atoms with Crippen LogP contribution in [-0.2, 0) is 6.18 Å². The van der Waals surface area contributed by atoms with E-state index in [1.807, 2.05) is 36.5 Å². The first-order valence-corrected chi connectivity index (χ1v) is 9.39. The third-order valence-electron chi connectivity index (χ3n) is 4.26. The predicted molar refractivity (Wildman–Crippen MR) is 102 cm³/mol. The van der Waals surface area contributed by atoms with Gasteiger partial charge in [0.15, 0.2) is 5.76 Å². The van der Waals surface area contributed by atoms with Crippen molar-refractivity contribution in [3.05, 3.63) is 70.1 Å². The zero-order valence-electron chi connectivity index (χ0n) is 15.3. The molecule has 8 heteroatoms. The highest BCUT2D eigenvalue weighted by molar-refractivity contribution is 7.10.